The molecule has 1 aromatic rings. The maximum absolute atomic E-state index is 5.59. The molecule has 4 heteroatoms. The number of hydrogen-bond acceptors (Lipinski definition) is 3. The summed E-state index contributed by atoms with van der Waals surface area (Å²) in [6.45, 7) is 3.65. The number of rotatable bonds is 5. The number of aromatic nitrogens is 3. The monoisotopic (exact) mass is 194 g/mol. The summed E-state index contributed by atoms with van der Waals surface area (Å²) in [6.07, 6.45) is 5.03. The topological polar surface area (TPSA) is 56.7 Å². The van der Waals surface area contributed by atoms with Gasteiger partial charge in [0, 0.05) is 13.1 Å². The molecule has 1 heterocycles. The van der Waals surface area contributed by atoms with E-state index in [-0.39, 0.29) is 0 Å². The summed E-state index contributed by atoms with van der Waals surface area (Å²) >= 11 is 0. The third kappa shape index (κ3) is 1.95. The van der Waals surface area contributed by atoms with Gasteiger partial charge in [-0.05, 0) is 18.8 Å². The molecule has 0 aromatic carbocycles. The van der Waals surface area contributed by atoms with Gasteiger partial charge in [0.05, 0.1) is 11.4 Å². The van der Waals surface area contributed by atoms with Gasteiger partial charge >= 0.3 is 0 Å². The summed E-state index contributed by atoms with van der Waals surface area (Å²) in [5, 5.41) is 8.24. The van der Waals surface area contributed by atoms with Crippen molar-refractivity contribution < 1.29 is 0 Å². The first-order valence-electron chi connectivity index (χ1n) is 5.46. The van der Waals surface area contributed by atoms with Crippen molar-refractivity contribution in [1.29, 1.82) is 0 Å². The van der Waals surface area contributed by atoms with Crippen LogP contribution in [-0.4, -0.2) is 15.0 Å². The molecule has 0 aliphatic heterocycles. The SMILES string of the molecule is CCc1c(CN)nnn1CCC1CC1. The maximum Gasteiger partial charge on any atom is 0.0994 e. The zero-order chi connectivity index (χ0) is 9.97. The largest absolute Gasteiger partial charge is 0.325 e. The smallest absolute Gasteiger partial charge is 0.0994 e. The fourth-order valence-corrected chi connectivity index (χ4v) is 1.80. The Balaban J connectivity index is 2.02. The van der Waals surface area contributed by atoms with Crippen molar-refractivity contribution >= 4 is 0 Å². The van der Waals surface area contributed by atoms with E-state index in [1.54, 1.807) is 0 Å². The second-order valence-corrected chi connectivity index (χ2v) is 4.00. The van der Waals surface area contributed by atoms with Gasteiger partial charge in [-0.25, -0.2) is 4.68 Å². The van der Waals surface area contributed by atoms with Gasteiger partial charge in [-0.2, -0.15) is 0 Å². The summed E-state index contributed by atoms with van der Waals surface area (Å²) < 4.78 is 2.03. The van der Waals surface area contributed by atoms with Crippen LogP contribution in [0.15, 0.2) is 0 Å². The summed E-state index contributed by atoms with van der Waals surface area (Å²) in [7, 11) is 0. The summed E-state index contributed by atoms with van der Waals surface area (Å²) in [4.78, 5) is 0. The lowest BCUT2D eigenvalue weighted by Gasteiger charge is -2.04. The van der Waals surface area contributed by atoms with Crippen molar-refractivity contribution in [3.05, 3.63) is 11.4 Å². The highest BCUT2D eigenvalue weighted by molar-refractivity contribution is 5.09. The normalized spacial score (nSPS) is 16.1. The fraction of sp³-hybridized carbons (Fsp3) is 0.800. The zero-order valence-electron chi connectivity index (χ0n) is 8.74. The Labute approximate surface area is 84.5 Å². The van der Waals surface area contributed by atoms with E-state index >= 15 is 0 Å². The van der Waals surface area contributed by atoms with Crippen LogP contribution in [0.25, 0.3) is 0 Å². The standard InChI is InChI=1S/C10H18N4/c1-2-10-9(7-11)12-13-14(10)6-5-8-3-4-8/h8H,2-7,11H2,1H3. The molecular formula is C10H18N4. The lowest BCUT2D eigenvalue weighted by Crippen LogP contribution is -2.07. The minimum atomic E-state index is 0.507. The van der Waals surface area contributed by atoms with Gasteiger partial charge in [0.1, 0.15) is 0 Å². The van der Waals surface area contributed by atoms with Crippen LogP contribution in [0, 0.1) is 5.92 Å². The van der Waals surface area contributed by atoms with E-state index in [9.17, 15) is 0 Å². The van der Waals surface area contributed by atoms with E-state index in [1.165, 1.54) is 25.0 Å². The van der Waals surface area contributed by atoms with Crippen molar-refractivity contribution in [2.45, 2.75) is 45.7 Å². The van der Waals surface area contributed by atoms with Gasteiger partial charge in [-0.3, -0.25) is 0 Å². The summed E-state index contributed by atoms with van der Waals surface area (Å²) in [6, 6.07) is 0. The molecule has 0 radical (unpaired) electrons. The molecule has 1 fully saturated rings. The first-order valence-corrected chi connectivity index (χ1v) is 5.46. The maximum atomic E-state index is 5.59. The van der Waals surface area contributed by atoms with E-state index in [1.807, 2.05) is 4.68 Å². The van der Waals surface area contributed by atoms with Crippen molar-refractivity contribution in [2.24, 2.45) is 11.7 Å². The molecule has 2 rings (SSSR count). The van der Waals surface area contributed by atoms with Crippen LogP contribution < -0.4 is 5.73 Å². The van der Waals surface area contributed by atoms with Gasteiger partial charge in [0.15, 0.2) is 0 Å². The Bertz CT molecular complexity index is 301. The molecule has 0 atom stereocenters. The van der Waals surface area contributed by atoms with Gasteiger partial charge in [-0.1, -0.05) is 25.0 Å². The molecule has 1 aliphatic carbocycles. The van der Waals surface area contributed by atoms with Crippen LogP contribution in [0.5, 0.6) is 0 Å². The van der Waals surface area contributed by atoms with Gasteiger partial charge < -0.3 is 5.73 Å². The molecule has 0 spiro atoms. The molecule has 2 N–H and O–H groups in total. The average molecular weight is 194 g/mol. The van der Waals surface area contributed by atoms with E-state index in [0.717, 1.165) is 24.6 Å². The van der Waals surface area contributed by atoms with Gasteiger partial charge in [0.25, 0.3) is 0 Å². The molecule has 1 aliphatic rings. The highest BCUT2D eigenvalue weighted by Crippen LogP contribution is 2.32. The van der Waals surface area contributed by atoms with Crippen LogP contribution in [0.3, 0.4) is 0 Å². The highest BCUT2D eigenvalue weighted by Gasteiger charge is 2.21. The molecule has 1 saturated carbocycles. The van der Waals surface area contributed by atoms with E-state index in [2.05, 4.69) is 17.2 Å². The second kappa shape index (κ2) is 4.09. The van der Waals surface area contributed by atoms with Crippen LogP contribution in [0.4, 0.5) is 0 Å². The average Bonchev–Trinajstić information content (AvgIpc) is 2.95. The molecule has 0 saturated heterocycles. The minimum Gasteiger partial charge on any atom is -0.325 e. The Morgan fingerprint density at radius 3 is 2.86 bits per heavy atom. The summed E-state index contributed by atoms with van der Waals surface area (Å²) in [5.41, 5.74) is 7.77. The molecule has 0 unspecified atom stereocenters. The Morgan fingerprint density at radius 2 is 2.29 bits per heavy atom. The van der Waals surface area contributed by atoms with E-state index < -0.39 is 0 Å². The predicted molar refractivity (Wildman–Crippen MR) is 54.6 cm³/mol. The molecule has 0 bridgehead atoms. The van der Waals surface area contributed by atoms with Crippen LogP contribution in [0.1, 0.15) is 37.6 Å². The lowest BCUT2D eigenvalue weighted by molar-refractivity contribution is 0.515. The quantitative estimate of drug-likeness (QED) is 0.763. The van der Waals surface area contributed by atoms with Gasteiger partial charge in [0.2, 0.25) is 0 Å². The van der Waals surface area contributed by atoms with Crippen molar-refractivity contribution in [3.8, 4) is 0 Å². The van der Waals surface area contributed by atoms with Crippen molar-refractivity contribution in [1.82, 2.24) is 15.0 Å². The zero-order valence-corrected chi connectivity index (χ0v) is 8.74. The van der Waals surface area contributed by atoms with Crippen LogP contribution in [0.2, 0.25) is 0 Å². The van der Waals surface area contributed by atoms with Crippen molar-refractivity contribution in [2.75, 3.05) is 0 Å². The van der Waals surface area contributed by atoms with Crippen molar-refractivity contribution in [3.63, 3.8) is 0 Å². The lowest BCUT2D eigenvalue weighted by atomic mass is 10.2. The number of aryl methyl sites for hydroxylation is 1. The predicted octanol–water partition coefficient (Wildman–Crippen LogP) is 1.10. The van der Waals surface area contributed by atoms with Crippen LogP contribution >= 0.6 is 0 Å². The first-order chi connectivity index (χ1) is 6.85. The number of nitrogens with two attached hydrogens (primary N) is 1. The molecular weight excluding hydrogens is 176 g/mol. The third-order valence-corrected chi connectivity index (χ3v) is 2.89. The molecule has 4 nitrogen and oxygen atoms in total. The summed E-state index contributed by atoms with van der Waals surface area (Å²) in [5.74, 6) is 0.949. The molecule has 1 aromatic heterocycles. The molecule has 78 valence electrons. The number of nitrogens with zero attached hydrogens (tertiary/aromatic N) is 3. The molecule has 14 heavy (non-hydrogen) atoms. The third-order valence-electron chi connectivity index (χ3n) is 2.89. The van der Waals surface area contributed by atoms with Gasteiger partial charge in [-0.15, -0.1) is 5.10 Å². The minimum absolute atomic E-state index is 0.507. The van der Waals surface area contributed by atoms with E-state index in [0.29, 0.717) is 6.54 Å². The van der Waals surface area contributed by atoms with E-state index in [4.69, 9.17) is 5.73 Å². The Hall–Kier alpha value is -0.900. The second-order valence-electron chi connectivity index (χ2n) is 4.00. The highest BCUT2D eigenvalue weighted by atomic mass is 15.4. The molecule has 0 amide bonds. The van der Waals surface area contributed by atoms with Crippen LogP contribution in [-0.2, 0) is 19.5 Å². The number of hydrogen-bond donors (Lipinski definition) is 1. The Kier molecular flexibility index (Phi) is 2.82. The fourth-order valence-electron chi connectivity index (χ4n) is 1.80. The first kappa shape index (κ1) is 9.65. The Morgan fingerprint density at radius 1 is 1.50 bits per heavy atom.